The lowest BCUT2D eigenvalue weighted by Gasteiger charge is -2.46. The molecular weight excluding hydrogens is 991 g/mol. The van der Waals surface area contributed by atoms with Crippen LogP contribution in [0.1, 0.15) is 57.1 Å². The Bertz CT molecular complexity index is 3200. The molecule has 3 amide bonds. The summed E-state index contributed by atoms with van der Waals surface area (Å²) in [5.41, 5.74) is 3.29. The van der Waals surface area contributed by atoms with Crippen molar-refractivity contribution in [1.29, 1.82) is 0 Å². The Labute approximate surface area is 453 Å². The average molecular weight is 1050 g/mol. The molecule has 5 aliphatic heterocycles. The quantitative estimate of drug-likeness (QED) is 0.0633. The summed E-state index contributed by atoms with van der Waals surface area (Å²) < 4.78 is 34.9. The van der Waals surface area contributed by atoms with Crippen molar-refractivity contribution in [2.45, 2.75) is 42.7 Å². The van der Waals surface area contributed by atoms with Crippen LogP contribution in [0.2, 0.25) is 0 Å². The normalized spacial score (nSPS) is 22.4. The van der Waals surface area contributed by atoms with Gasteiger partial charge >= 0.3 is 12.1 Å². The highest BCUT2D eigenvalue weighted by atomic mass is 16.7. The number of anilines is 1. The van der Waals surface area contributed by atoms with Gasteiger partial charge in [0, 0.05) is 51.9 Å². The maximum Gasteiger partial charge on any atom is 0.421 e. The third kappa shape index (κ3) is 9.95. The number of rotatable bonds is 15. The third-order valence-electron chi connectivity index (χ3n) is 15.4. The third-order valence-corrected chi connectivity index (χ3v) is 15.4. The first-order chi connectivity index (χ1) is 38.2. The second kappa shape index (κ2) is 22.9. The van der Waals surface area contributed by atoms with Crippen molar-refractivity contribution in [2.75, 3.05) is 85.0 Å². The molecule has 1 N–H and O–H groups in total. The number of ether oxygens (including phenoxy) is 6. The van der Waals surface area contributed by atoms with Gasteiger partial charge in [-0.05, 0) is 82.9 Å². The number of aliphatic hydroxyl groups is 1. The Morgan fingerprint density at radius 1 is 0.744 bits per heavy atom. The molecule has 6 atom stereocenters. The van der Waals surface area contributed by atoms with E-state index in [9.17, 15) is 9.90 Å². The van der Waals surface area contributed by atoms with Gasteiger partial charge in [-0.15, -0.1) is 0 Å². The van der Waals surface area contributed by atoms with Gasteiger partial charge in [-0.2, -0.15) is 0 Å². The summed E-state index contributed by atoms with van der Waals surface area (Å²) >= 11 is 0. The van der Waals surface area contributed by atoms with Crippen LogP contribution in [-0.2, 0) is 47.1 Å². The van der Waals surface area contributed by atoms with Crippen LogP contribution in [0.4, 0.5) is 10.5 Å². The van der Waals surface area contributed by atoms with E-state index in [1.807, 2.05) is 127 Å². The molecule has 1 spiro atoms. The summed E-state index contributed by atoms with van der Waals surface area (Å²) in [5, 5.41) is 9.71. The molecule has 5 heterocycles. The zero-order valence-corrected chi connectivity index (χ0v) is 43.6. The second-order valence-corrected chi connectivity index (χ2v) is 20.1. The van der Waals surface area contributed by atoms with Crippen molar-refractivity contribution in [2.24, 2.45) is 5.92 Å². The average Bonchev–Trinajstić information content (AvgIpc) is 4.08. The molecule has 6 aromatic rings. The fourth-order valence-corrected chi connectivity index (χ4v) is 12.0. The number of methoxy groups -OCH3 is 1. The molecule has 16 heteroatoms. The van der Waals surface area contributed by atoms with Crippen LogP contribution >= 0.6 is 0 Å². The number of piperazine rings is 1. The summed E-state index contributed by atoms with van der Waals surface area (Å²) in [5.74, 6) is 5.19. The Balaban J connectivity index is 1.09. The monoisotopic (exact) mass is 1050 g/mol. The van der Waals surface area contributed by atoms with E-state index in [1.165, 1.54) is 7.11 Å². The largest absolute Gasteiger partial charge is 0.491 e. The van der Waals surface area contributed by atoms with Crippen LogP contribution in [-0.4, -0.2) is 135 Å². The number of amides is 3. The van der Waals surface area contributed by atoms with Crippen molar-refractivity contribution in [3.63, 3.8) is 0 Å². The number of morpholine rings is 1. The SMILES string of the molecule is COCCOC(=O)N1C(=O)[C@@]2(c3cc(C#CCN(C)Cc4ccccc4)ccc31)[C@H](c1ccc(OCCO)cc1)N1[C@H](c3ccccc3)[C@H](c3ccccc3)OC(=O)[C@H]1[C@@H]2C(=O)N1CCN(Cc2ccc3c(c2)OCO3)CC1. The number of nitrogens with zero attached hydrogens (tertiary/aromatic N) is 5. The Kier molecular flexibility index (Phi) is 15.3. The number of cyclic esters (lactones) is 1. The zero-order chi connectivity index (χ0) is 53.8. The predicted molar refractivity (Wildman–Crippen MR) is 288 cm³/mol. The van der Waals surface area contributed by atoms with Gasteiger partial charge < -0.3 is 38.4 Å². The predicted octanol–water partition coefficient (Wildman–Crippen LogP) is 7.06. The second-order valence-electron chi connectivity index (χ2n) is 20.1. The van der Waals surface area contributed by atoms with E-state index in [0.717, 1.165) is 21.6 Å². The summed E-state index contributed by atoms with van der Waals surface area (Å²) in [4.78, 5) is 72.8. The molecule has 400 valence electrons. The number of benzene rings is 6. The molecule has 0 aromatic heterocycles. The standard InChI is InChI=1S/C62H61N5O11/c1-63(39-43-13-6-3-7-14-43)28-12-15-42-20-26-50-49(37-42)62(60(71)66(50)61(72)75-36-35-73-2)53(58(69)65-31-29-64(30-32-65)40-44-21-27-51-52(38-44)77-41-76-51)55-59(70)78-56(46-18-10-5-11-19-46)54(45-16-8-4-9-17-45)67(55)57(62)47-22-24-48(25-23-47)74-34-33-68/h3-11,13-14,16-27,37-38,53-57,68H,28-36,39-41H2,1-2H3/t53-,54-,55-,56+,57+,62-/m1/s1. The highest BCUT2D eigenvalue weighted by molar-refractivity contribution is 6.23. The fraction of sp³-hybridized carbons (Fsp3) is 0.323. The molecule has 5 aliphatic rings. The number of carbonyl (C=O) groups excluding carboxylic acids is 4. The molecule has 78 heavy (non-hydrogen) atoms. The molecule has 0 bridgehead atoms. The summed E-state index contributed by atoms with van der Waals surface area (Å²) in [6.07, 6.45) is -1.87. The number of imide groups is 1. The van der Waals surface area contributed by atoms with Crippen LogP contribution < -0.4 is 19.1 Å². The van der Waals surface area contributed by atoms with Gasteiger partial charge in [-0.1, -0.05) is 121 Å². The topological polar surface area (TPSA) is 160 Å². The van der Waals surface area contributed by atoms with Gasteiger partial charge in [-0.25, -0.2) is 9.69 Å². The number of hydrogen-bond donors (Lipinski definition) is 1. The highest BCUT2D eigenvalue weighted by Gasteiger charge is 2.76. The van der Waals surface area contributed by atoms with Crippen LogP contribution in [0.5, 0.6) is 17.2 Å². The number of carbonyl (C=O) groups is 4. The van der Waals surface area contributed by atoms with Crippen LogP contribution in [0.25, 0.3) is 0 Å². The molecule has 0 saturated carbocycles. The molecule has 0 aliphatic carbocycles. The first-order valence-electron chi connectivity index (χ1n) is 26.3. The summed E-state index contributed by atoms with van der Waals surface area (Å²) in [6.45, 7) is 3.10. The Hall–Kier alpha value is -8.04. The molecule has 6 aromatic carbocycles. The number of fused-ring (bicyclic) bond motifs is 4. The maximum absolute atomic E-state index is 16.7. The van der Waals surface area contributed by atoms with E-state index in [0.29, 0.717) is 72.2 Å². The number of hydrogen-bond acceptors (Lipinski definition) is 14. The minimum Gasteiger partial charge on any atom is -0.491 e. The van der Waals surface area contributed by atoms with Crippen molar-refractivity contribution in [1.82, 2.24) is 19.6 Å². The number of aliphatic hydroxyl groups excluding tert-OH is 1. The smallest absolute Gasteiger partial charge is 0.421 e. The minimum atomic E-state index is -2.01. The van der Waals surface area contributed by atoms with E-state index in [2.05, 4.69) is 33.8 Å². The molecule has 3 fully saturated rings. The van der Waals surface area contributed by atoms with Gasteiger partial charge in [0.05, 0.1) is 43.4 Å². The fourth-order valence-electron chi connectivity index (χ4n) is 12.0. The molecule has 0 unspecified atom stereocenters. The van der Waals surface area contributed by atoms with Crippen molar-refractivity contribution < 1.29 is 52.7 Å². The van der Waals surface area contributed by atoms with Gasteiger partial charge in [-0.3, -0.25) is 29.1 Å². The van der Waals surface area contributed by atoms with E-state index in [1.54, 1.807) is 29.2 Å². The Morgan fingerprint density at radius 2 is 1.45 bits per heavy atom. The van der Waals surface area contributed by atoms with E-state index >= 15 is 14.4 Å². The Morgan fingerprint density at radius 3 is 2.17 bits per heavy atom. The van der Waals surface area contributed by atoms with Crippen LogP contribution in [0, 0.1) is 17.8 Å². The highest BCUT2D eigenvalue weighted by Crippen LogP contribution is 2.66. The van der Waals surface area contributed by atoms with Crippen molar-refractivity contribution in [3.8, 4) is 29.1 Å². The zero-order valence-electron chi connectivity index (χ0n) is 43.6. The molecule has 11 rings (SSSR count). The van der Waals surface area contributed by atoms with E-state index in [-0.39, 0.29) is 52.0 Å². The van der Waals surface area contributed by atoms with Crippen LogP contribution in [0.3, 0.4) is 0 Å². The summed E-state index contributed by atoms with van der Waals surface area (Å²) in [7, 11) is 3.47. The first kappa shape index (κ1) is 52.0. The lowest BCUT2D eigenvalue weighted by molar-refractivity contribution is -0.179. The van der Waals surface area contributed by atoms with Gasteiger partial charge in [0.1, 0.15) is 36.5 Å². The van der Waals surface area contributed by atoms with Gasteiger partial charge in [0.25, 0.3) is 0 Å². The molecule has 16 nitrogen and oxygen atoms in total. The molecule has 3 saturated heterocycles. The van der Waals surface area contributed by atoms with E-state index < -0.39 is 59.4 Å². The van der Waals surface area contributed by atoms with Gasteiger partial charge in [0.2, 0.25) is 18.6 Å². The summed E-state index contributed by atoms with van der Waals surface area (Å²) in [6, 6.07) is 44.3. The molecular formula is C62H61N5O11. The van der Waals surface area contributed by atoms with E-state index in [4.69, 9.17) is 28.4 Å². The van der Waals surface area contributed by atoms with Crippen molar-refractivity contribution >= 4 is 29.6 Å². The minimum absolute atomic E-state index is 0.0417. The van der Waals surface area contributed by atoms with Gasteiger partial charge in [0.15, 0.2) is 11.5 Å². The maximum atomic E-state index is 16.7. The lowest BCUT2D eigenvalue weighted by atomic mass is 9.65. The number of esters is 1. The molecule has 0 radical (unpaired) electrons. The van der Waals surface area contributed by atoms with Crippen LogP contribution in [0.15, 0.2) is 152 Å². The lowest BCUT2D eigenvalue weighted by Crippen LogP contribution is -2.59. The van der Waals surface area contributed by atoms with Crippen molar-refractivity contribution in [3.05, 3.63) is 191 Å². The first-order valence-corrected chi connectivity index (χ1v) is 26.3.